The summed E-state index contributed by atoms with van der Waals surface area (Å²) in [6.45, 7) is 0. The number of nitrogens with two attached hydrogens (primary N) is 1. The monoisotopic (exact) mass is 291 g/mol. The third kappa shape index (κ3) is 4.68. The summed E-state index contributed by atoms with van der Waals surface area (Å²) in [6, 6.07) is 17.9. The number of hydrogen-bond acceptors (Lipinski definition) is 2. The number of carboxylic acid groups (broad SMARTS) is 1. The Kier molecular flexibility index (Phi) is 6.22. The average Bonchev–Trinajstić information content (AvgIpc) is 2.39. The zero-order chi connectivity index (χ0) is 13.7. The molecule has 1 atom stereocenters. The van der Waals surface area contributed by atoms with E-state index in [0.717, 1.165) is 11.1 Å². The lowest BCUT2D eigenvalue weighted by Crippen LogP contribution is -2.26. The molecule has 0 saturated heterocycles. The van der Waals surface area contributed by atoms with Gasteiger partial charge in [-0.1, -0.05) is 54.6 Å². The van der Waals surface area contributed by atoms with Gasteiger partial charge in [0.05, 0.1) is 6.42 Å². The summed E-state index contributed by atoms with van der Waals surface area (Å²) in [7, 11) is 0. The molecule has 0 heterocycles. The molecule has 0 aromatic heterocycles. The molecule has 0 saturated carbocycles. The van der Waals surface area contributed by atoms with Crippen molar-refractivity contribution >= 4 is 18.4 Å². The Morgan fingerprint density at radius 1 is 1.00 bits per heavy atom. The summed E-state index contributed by atoms with van der Waals surface area (Å²) in [5.74, 6) is -0.853. The minimum atomic E-state index is -0.853. The summed E-state index contributed by atoms with van der Waals surface area (Å²) < 4.78 is 0. The fourth-order valence-electron chi connectivity index (χ4n) is 2.06. The van der Waals surface area contributed by atoms with Crippen LogP contribution in [0.4, 0.5) is 0 Å². The van der Waals surface area contributed by atoms with Crippen LogP contribution in [0.3, 0.4) is 0 Å². The molecule has 0 aliphatic rings. The fraction of sp³-hybridized carbons (Fsp3) is 0.188. The zero-order valence-corrected chi connectivity index (χ0v) is 11.8. The van der Waals surface area contributed by atoms with Crippen molar-refractivity contribution in [3.8, 4) is 11.1 Å². The van der Waals surface area contributed by atoms with Crippen LogP contribution in [-0.2, 0) is 11.2 Å². The standard InChI is InChI=1S/C16H17NO2.ClH/c17-15(11-16(18)19)10-12-6-8-14(9-7-12)13-4-2-1-3-5-13;/h1-9,15H,10-11,17H2,(H,18,19);1H/t15-;/m0./s1. The molecule has 20 heavy (non-hydrogen) atoms. The van der Waals surface area contributed by atoms with Gasteiger partial charge in [0.25, 0.3) is 0 Å². The summed E-state index contributed by atoms with van der Waals surface area (Å²) in [6.07, 6.45) is 0.585. The highest BCUT2D eigenvalue weighted by atomic mass is 35.5. The van der Waals surface area contributed by atoms with Crippen molar-refractivity contribution in [3.05, 3.63) is 60.2 Å². The highest BCUT2D eigenvalue weighted by Crippen LogP contribution is 2.19. The van der Waals surface area contributed by atoms with E-state index in [1.807, 2.05) is 42.5 Å². The third-order valence-corrected chi connectivity index (χ3v) is 3.00. The van der Waals surface area contributed by atoms with Crippen molar-refractivity contribution < 1.29 is 9.90 Å². The number of benzene rings is 2. The molecule has 0 unspecified atom stereocenters. The van der Waals surface area contributed by atoms with Gasteiger partial charge < -0.3 is 10.8 Å². The smallest absolute Gasteiger partial charge is 0.304 e. The Hall–Kier alpha value is -1.84. The summed E-state index contributed by atoms with van der Waals surface area (Å²) in [5, 5.41) is 8.67. The van der Waals surface area contributed by atoms with E-state index in [0.29, 0.717) is 6.42 Å². The number of halogens is 1. The number of carbonyl (C=O) groups is 1. The first kappa shape index (κ1) is 16.2. The van der Waals surface area contributed by atoms with E-state index in [1.165, 1.54) is 5.56 Å². The van der Waals surface area contributed by atoms with Gasteiger partial charge in [-0.3, -0.25) is 4.79 Å². The second kappa shape index (κ2) is 7.68. The van der Waals surface area contributed by atoms with Gasteiger partial charge in [0, 0.05) is 6.04 Å². The molecule has 2 aromatic carbocycles. The van der Waals surface area contributed by atoms with E-state index in [1.54, 1.807) is 0 Å². The van der Waals surface area contributed by atoms with Crippen LogP contribution in [0.25, 0.3) is 11.1 Å². The van der Waals surface area contributed by atoms with Crippen LogP contribution in [0.1, 0.15) is 12.0 Å². The molecule has 0 spiro atoms. The van der Waals surface area contributed by atoms with Gasteiger partial charge >= 0.3 is 5.97 Å². The van der Waals surface area contributed by atoms with Gasteiger partial charge in [0.15, 0.2) is 0 Å². The number of carboxylic acids is 1. The van der Waals surface area contributed by atoms with Gasteiger partial charge in [-0.15, -0.1) is 12.4 Å². The third-order valence-electron chi connectivity index (χ3n) is 3.00. The van der Waals surface area contributed by atoms with E-state index in [4.69, 9.17) is 10.8 Å². The van der Waals surface area contributed by atoms with Crippen LogP contribution < -0.4 is 5.73 Å². The summed E-state index contributed by atoms with van der Waals surface area (Å²) in [5.41, 5.74) is 9.16. The second-order valence-electron chi connectivity index (χ2n) is 4.63. The van der Waals surface area contributed by atoms with Crippen molar-refractivity contribution in [1.29, 1.82) is 0 Å². The Labute approximate surface area is 124 Å². The lowest BCUT2D eigenvalue weighted by Gasteiger charge is -2.09. The highest BCUT2D eigenvalue weighted by Gasteiger charge is 2.08. The lowest BCUT2D eigenvalue weighted by molar-refractivity contribution is -0.137. The quantitative estimate of drug-likeness (QED) is 0.889. The summed E-state index contributed by atoms with van der Waals surface area (Å²) in [4.78, 5) is 10.6. The summed E-state index contributed by atoms with van der Waals surface area (Å²) >= 11 is 0. The van der Waals surface area contributed by atoms with E-state index < -0.39 is 5.97 Å². The molecule has 0 amide bonds. The highest BCUT2D eigenvalue weighted by molar-refractivity contribution is 5.85. The zero-order valence-electron chi connectivity index (χ0n) is 11.0. The lowest BCUT2D eigenvalue weighted by atomic mass is 10.00. The van der Waals surface area contributed by atoms with Crippen molar-refractivity contribution in [3.63, 3.8) is 0 Å². The number of hydrogen-bond donors (Lipinski definition) is 2. The molecule has 0 radical (unpaired) electrons. The largest absolute Gasteiger partial charge is 0.481 e. The average molecular weight is 292 g/mol. The molecule has 0 aliphatic carbocycles. The van der Waals surface area contributed by atoms with Crippen LogP contribution in [0, 0.1) is 0 Å². The topological polar surface area (TPSA) is 63.3 Å². The second-order valence-corrected chi connectivity index (χ2v) is 4.63. The van der Waals surface area contributed by atoms with Crippen molar-refractivity contribution in [2.75, 3.05) is 0 Å². The van der Waals surface area contributed by atoms with E-state index in [9.17, 15) is 4.79 Å². The molecular weight excluding hydrogens is 274 g/mol. The van der Waals surface area contributed by atoms with Crippen molar-refractivity contribution in [2.45, 2.75) is 18.9 Å². The van der Waals surface area contributed by atoms with E-state index in [2.05, 4.69) is 12.1 Å². The fourth-order valence-corrected chi connectivity index (χ4v) is 2.06. The predicted molar refractivity (Wildman–Crippen MR) is 83.1 cm³/mol. The maximum Gasteiger partial charge on any atom is 0.304 e. The Morgan fingerprint density at radius 3 is 2.10 bits per heavy atom. The van der Waals surface area contributed by atoms with Crippen molar-refractivity contribution in [1.82, 2.24) is 0 Å². The van der Waals surface area contributed by atoms with Crippen molar-refractivity contribution in [2.24, 2.45) is 5.73 Å². The predicted octanol–water partition coefficient (Wildman–Crippen LogP) is 3.12. The molecule has 0 aliphatic heterocycles. The van der Waals surface area contributed by atoms with Crippen LogP contribution >= 0.6 is 12.4 Å². The normalized spacial score (nSPS) is 11.4. The van der Waals surface area contributed by atoms with Gasteiger partial charge in [-0.05, 0) is 23.1 Å². The SMILES string of the molecule is Cl.N[C@H](CC(=O)O)Cc1ccc(-c2ccccc2)cc1. The first-order valence-electron chi connectivity index (χ1n) is 6.27. The van der Waals surface area contributed by atoms with Gasteiger partial charge in [0.1, 0.15) is 0 Å². The van der Waals surface area contributed by atoms with Gasteiger partial charge in [-0.25, -0.2) is 0 Å². The molecule has 106 valence electrons. The molecule has 2 rings (SSSR count). The molecule has 4 heteroatoms. The maximum absolute atomic E-state index is 10.6. The van der Waals surface area contributed by atoms with Crippen LogP contribution in [0.2, 0.25) is 0 Å². The Bertz CT molecular complexity index is 540. The maximum atomic E-state index is 10.6. The van der Waals surface area contributed by atoms with Crippen LogP contribution in [-0.4, -0.2) is 17.1 Å². The molecular formula is C16H18ClNO2. The van der Waals surface area contributed by atoms with Gasteiger partial charge in [-0.2, -0.15) is 0 Å². The van der Waals surface area contributed by atoms with Gasteiger partial charge in [0.2, 0.25) is 0 Å². The Morgan fingerprint density at radius 2 is 1.55 bits per heavy atom. The molecule has 0 fully saturated rings. The molecule has 0 bridgehead atoms. The molecule has 3 N–H and O–H groups in total. The van der Waals surface area contributed by atoms with Crippen LogP contribution in [0.5, 0.6) is 0 Å². The van der Waals surface area contributed by atoms with E-state index >= 15 is 0 Å². The first-order valence-corrected chi connectivity index (χ1v) is 6.27. The minimum Gasteiger partial charge on any atom is -0.481 e. The Balaban J connectivity index is 0.00000200. The number of rotatable bonds is 5. The number of aliphatic carboxylic acids is 1. The van der Waals surface area contributed by atoms with Crippen LogP contribution in [0.15, 0.2) is 54.6 Å². The first-order chi connectivity index (χ1) is 9.15. The molecule has 3 nitrogen and oxygen atoms in total. The molecule has 2 aromatic rings. The minimum absolute atomic E-state index is 0. The van der Waals surface area contributed by atoms with E-state index in [-0.39, 0.29) is 24.9 Å².